The summed E-state index contributed by atoms with van der Waals surface area (Å²) in [6, 6.07) is 2.18. The van der Waals surface area contributed by atoms with E-state index in [1.807, 2.05) is 18.8 Å². The van der Waals surface area contributed by atoms with Crippen molar-refractivity contribution in [2.45, 2.75) is 59.2 Å². The predicted molar refractivity (Wildman–Crippen MR) is 116 cm³/mol. The van der Waals surface area contributed by atoms with E-state index in [2.05, 4.69) is 35.1 Å². The second-order valence-electron chi connectivity index (χ2n) is 10.4. The summed E-state index contributed by atoms with van der Waals surface area (Å²) >= 11 is 1.99. The summed E-state index contributed by atoms with van der Waals surface area (Å²) in [5.74, 6) is 2.25. The third kappa shape index (κ3) is 4.01. The second-order valence-corrected chi connectivity index (χ2v) is 11.6. The monoisotopic (exact) mass is 405 g/mol. The van der Waals surface area contributed by atoms with Crippen LogP contribution in [0.5, 0.6) is 5.75 Å². The Balaban J connectivity index is 1.58. The predicted octanol–water partition coefficient (Wildman–Crippen LogP) is 3.04. The molecule has 3 aliphatic rings. The fourth-order valence-electron chi connectivity index (χ4n) is 6.07. The molecule has 156 valence electrons. The minimum absolute atomic E-state index is 0.0636. The van der Waals surface area contributed by atoms with Crippen LogP contribution in [0.15, 0.2) is 10.9 Å². The molecule has 0 spiro atoms. The number of fused-ring (bicyclic) bond motifs is 2. The Kier molecular flexibility index (Phi) is 5.34. The van der Waals surface area contributed by atoms with Crippen molar-refractivity contribution in [2.75, 3.05) is 31.1 Å². The molecule has 0 aromatic carbocycles. The maximum Gasteiger partial charge on any atom is 0.223 e. The number of pyridine rings is 1. The van der Waals surface area contributed by atoms with Crippen LogP contribution in [0.1, 0.15) is 51.4 Å². The zero-order valence-electron chi connectivity index (χ0n) is 17.8. The van der Waals surface area contributed by atoms with Crippen LogP contribution >= 0.6 is 11.8 Å². The van der Waals surface area contributed by atoms with Gasteiger partial charge in [-0.25, -0.2) is 0 Å². The van der Waals surface area contributed by atoms with Gasteiger partial charge in [-0.1, -0.05) is 20.8 Å². The number of thioether (sulfide) groups is 1. The zero-order chi connectivity index (χ0) is 20.1. The maximum absolute atomic E-state index is 12.5. The molecule has 2 atom stereocenters. The second kappa shape index (κ2) is 7.37. The Morgan fingerprint density at radius 1 is 1.18 bits per heavy atom. The highest BCUT2D eigenvalue weighted by Crippen LogP contribution is 2.52. The van der Waals surface area contributed by atoms with Crippen molar-refractivity contribution in [3.8, 4) is 5.75 Å². The highest BCUT2D eigenvalue weighted by atomic mass is 32.2. The van der Waals surface area contributed by atoms with Crippen molar-refractivity contribution >= 4 is 11.8 Å². The molecule has 1 N–H and O–H groups in total. The Bertz CT molecular complexity index is 800. The van der Waals surface area contributed by atoms with E-state index in [4.69, 9.17) is 0 Å². The normalized spacial score (nSPS) is 30.6. The molecule has 1 saturated carbocycles. The quantitative estimate of drug-likeness (QED) is 0.834. The summed E-state index contributed by atoms with van der Waals surface area (Å²) in [7, 11) is 2.01. The van der Waals surface area contributed by atoms with Crippen LogP contribution in [-0.2, 0) is 20.1 Å². The Hall–Kier alpha value is -0.980. The number of aromatic nitrogens is 1. The van der Waals surface area contributed by atoms with E-state index in [0.29, 0.717) is 23.4 Å². The van der Waals surface area contributed by atoms with Crippen LogP contribution in [0.3, 0.4) is 0 Å². The van der Waals surface area contributed by atoms with Gasteiger partial charge in [0, 0.05) is 69.1 Å². The van der Waals surface area contributed by atoms with Crippen LogP contribution in [0.4, 0.5) is 0 Å². The molecule has 1 aromatic rings. The van der Waals surface area contributed by atoms with Crippen LogP contribution in [0, 0.1) is 10.8 Å². The lowest BCUT2D eigenvalue weighted by Gasteiger charge is -2.40. The van der Waals surface area contributed by atoms with Gasteiger partial charge in [0.2, 0.25) is 5.43 Å². The van der Waals surface area contributed by atoms with Crippen molar-refractivity contribution in [3.05, 3.63) is 27.7 Å². The molecule has 5 nitrogen and oxygen atoms in total. The summed E-state index contributed by atoms with van der Waals surface area (Å²) < 4.78 is 2.08. The molecule has 6 heteroatoms. The summed E-state index contributed by atoms with van der Waals surface area (Å²) in [5.41, 5.74) is 2.28. The van der Waals surface area contributed by atoms with E-state index in [-0.39, 0.29) is 11.2 Å². The Morgan fingerprint density at radius 2 is 1.89 bits per heavy atom. The largest absolute Gasteiger partial charge is 0.503 e. The van der Waals surface area contributed by atoms with Gasteiger partial charge in [0.25, 0.3) is 0 Å². The first-order valence-corrected chi connectivity index (χ1v) is 11.8. The van der Waals surface area contributed by atoms with Crippen LogP contribution in [0.2, 0.25) is 0 Å². The first-order chi connectivity index (χ1) is 13.2. The fourth-order valence-corrected chi connectivity index (χ4v) is 7.04. The highest BCUT2D eigenvalue weighted by Gasteiger charge is 2.49. The van der Waals surface area contributed by atoms with Gasteiger partial charge in [0.1, 0.15) is 0 Å². The zero-order valence-corrected chi connectivity index (χ0v) is 18.6. The summed E-state index contributed by atoms with van der Waals surface area (Å²) in [6.07, 6.45) is 3.68. The fraction of sp³-hybridized carbons (Fsp3) is 0.773. The van der Waals surface area contributed by atoms with Gasteiger partial charge in [-0.05, 0) is 30.1 Å². The standard InChI is InChI=1S/C22H35N3O2S/c1-21(2)10-17-11-22(3,14-21)15-25(17)13-18-20(27)19(26)9-16(23(18)4)12-24-5-7-28-8-6-24/h9,17,27H,5-8,10-15H2,1-4H3. The van der Waals surface area contributed by atoms with Gasteiger partial charge >= 0.3 is 0 Å². The third-order valence-corrected chi connectivity index (χ3v) is 7.95. The maximum atomic E-state index is 12.5. The number of hydrogen-bond acceptors (Lipinski definition) is 5. The molecule has 1 aliphatic carbocycles. The number of likely N-dealkylation sites (tertiary alicyclic amines) is 1. The first-order valence-electron chi connectivity index (χ1n) is 10.6. The molecular formula is C22H35N3O2S. The summed E-state index contributed by atoms with van der Waals surface area (Å²) in [5, 5.41) is 10.6. The van der Waals surface area contributed by atoms with Crippen LogP contribution in [0.25, 0.3) is 0 Å². The average molecular weight is 406 g/mol. The smallest absolute Gasteiger partial charge is 0.223 e. The van der Waals surface area contributed by atoms with Crippen molar-refractivity contribution in [2.24, 2.45) is 17.9 Å². The molecule has 0 radical (unpaired) electrons. The molecule has 0 amide bonds. The lowest BCUT2D eigenvalue weighted by molar-refractivity contribution is 0.126. The molecule has 28 heavy (non-hydrogen) atoms. The van der Waals surface area contributed by atoms with Crippen molar-refractivity contribution < 1.29 is 5.11 Å². The minimum Gasteiger partial charge on any atom is -0.503 e. The summed E-state index contributed by atoms with van der Waals surface area (Å²) in [6.45, 7) is 11.8. The Labute approximate surface area is 173 Å². The van der Waals surface area contributed by atoms with E-state index in [1.165, 1.54) is 19.3 Å². The lowest BCUT2D eigenvalue weighted by atomic mass is 9.65. The van der Waals surface area contributed by atoms with Crippen molar-refractivity contribution in [1.82, 2.24) is 14.4 Å². The summed E-state index contributed by atoms with van der Waals surface area (Å²) in [4.78, 5) is 17.5. The number of hydrogen-bond donors (Lipinski definition) is 1. The molecule has 3 heterocycles. The van der Waals surface area contributed by atoms with Crippen molar-refractivity contribution in [3.63, 3.8) is 0 Å². The van der Waals surface area contributed by atoms with Gasteiger partial charge in [-0.15, -0.1) is 0 Å². The molecule has 2 aliphatic heterocycles. The number of nitrogens with zero attached hydrogens (tertiary/aromatic N) is 3. The van der Waals surface area contributed by atoms with Crippen LogP contribution < -0.4 is 5.43 Å². The molecular weight excluding hydrogens is 370 g/mol. The van der Waals surface area contributed by atoms with E-state index in [1.54, 1.807) is 6.07 Å². The topological polar surface area (TPSA) is 48.7 Å². The molecule has 2 saturated heterocycles. The van der Waals surface area contributed by atoms with E-state index in [0.717, 1.165) is 49.1 Å². The van der Waals surface area contributed by atoms with Gasteiger partial charge in [0.05, 0.1) is 5.69 Å². The van der Waals surface area contributed by atoms with E-state index in [9.17, 15) is 9.90 Å². The van der Waals surface area contributed by atoms with Gasteiger partial charge < -0.3 is 9.67 Å². The van der Waals surface area contributed by atoms with Gasteiger partial charge in [-0.3, -0.25) is 14.6 Å². The SMILES string of the molecule is Cn1c(CN2CCSCC2)cc(=O)c(O)c1CN1CC2(C)CC1CC(C)(C)C2. The van der Waals surface area contributed by atoms with E-state index < -0.39 is 0 Å². The van der Waals surface area contributed by atoms with E-state index >= 15 is 0 Å². The molecule has 4 rings (SSSR count). The average Bonchev–Trinajstić information content (AvgIpc) is 2.85. The molecule has 3 fully saturated rings. The van der Waals surface area contributed by atoms with Crippen molar-refractivity contribution in [1.29, 1.82) is 0 Å². The number of rotatable bonds is 4. The molecule has 2 unspecified atom stereocenters. The minimum atomic E-state index is -0.233. The lowest BCUT2D eigenvalue weighted by Crippen LogP contribution is -2.36. The highest BCUT2D eigenvalue weighted by molar-refractivity contribution is 7.99. The first kappa shape index (κ1) is 20.3. The van der Waals surface area contributed by atoms with Crippen LogP contribution in [-0.4, -0.2) is 56.7 Å². The van der Waals surface area contributed by atoms with Gasteiger partial charge in [0.15, 0.2) is 5.75 Å². The number of aromatic hydroxyl groups is 1. The Morgan fingerprint density at radius 3 is 2.61 bits per heavy atom. The third-order valence-electron chi connectivity index (χ3n) is 7.01. The van der Waals surface area contributed by atoms with Gasteiger partial charge in [-0.2, -0.15) is 11.8 Å². The molecule has 2 bridgehead atoms. The molecule has 1 aromatic heterocycles.